The van der Waals surface area contributed by atoms with Crippen LogP contribution in [-0.2, 0) is 4.79 Å². The maximum atomic E-state index is 14.8. The van der Waals surface area contributed by atoms with E-state index in [1.165, 1.54) is 29.2 Å². The number of nitrogens with one attached hydrogen (secondary N) is 2. The first-order valence-electron chi connectivity index (χ1n) is 10.8. The first kappa shape index (κ1) is 22.2. The van der Waals surface area contributed by atoms with Gasteiger partial charge in [-0.3, -0.25) is 14.1 Å². The highest BCUT2D eigenvalue weighted by molar-refractivity contribution is 7.99. The molecule has 5 rings (SSSR count). The van der Waals surface area contributed by atoms with Gasteiger partial charge in [0.1, 0.15) is 10.8 Å². The second kappa shape index (κ2) is 9.34. The third kappa shape index (κ3) is 5.01. The molecule has 2 unspecified atom stereocenters. The van der Waals surface area contributed by atoms with Crippen LogP contribution in [0.3, 0.4) is 0 Å². The molecular formula is C22H24FN7OS2. The fraction of sp³-hybridized carbons (Fsp3) is 0.364. The van der Waals surface area contributed by atoms with E-state index in [0.717, 1.165) is 22.8 Å². The molecule has 11 heteroatoms. The molecule has 0 aliphatic carbocycles. The van der Waals surface area contributed by atoms with Crippen molar-refractivity contribution < 1.29 is 9.18 Å². The third-order valence-corrected chi connectivity index (χ3v) is 7.42. The van der Waals surface area contributed by atoms with Crippen LogP contribution < -0.4 is 10.6 Å². The van der Waals surface area contributed by atoms with Crippen LogP contribution in [0.5, 0.6) is 0 Å². The van der Waals surface area contributed by atoms with E-state index in [1.807, 2.05) is 10.6 Å². The zero-order chi connectivity index (χ0) is 22.9. The number of piperazine rings is 1. The molecule has 0 spiro atoms. The van der Waals surface area contributed by atoms with Crippen molar-refractivity contribution in [1.29, 1.82) is 0 Å². The SMILES string of the molecule is CC1CN(CCC(=O)Nc2nc3cc(F)c(Sc4cnc5ncccn45)cc3s2)CC(C)N1. The van der Waals surface area contributed by atoms with Crippen LogP contribution in [0.2, 0.25) is 0 Å². The van der Waals surface area contributed by atoms with Crippen LogP contribution in [0.15, 0.2) is 46.7 Å². The van der Waals surface area contributed by atoms with Gasteiger partial charge in [-0.05, 0) is 26.0 Å². The Hall–Kier alpha value is -2.60. The maximum Gasteiger partial charge on any atom is 0.234 e. The van der Waals surface area contributed by atoms with E-state index >= 15 is 0 Å². The van der Waals surface area contributed by atoms with Gasteiger partial charge in [0.25, 0.3) is 0 Å². The zero-order valence-corrected chi connectivity index (χ0v) is 19.9. The molecule has 1 aliphatic rings. The Morgan fingerprint density at radius 3 is 2.94 bits per heavy atom. The Kier molecular flexibility index (Phi) is 6.28. The van der Waals surface area contributed by atoms with Gasteiger partial charge in [-0.2, -0.15) is 0 Å². The highest BCUT2D eigenvalue weighted by Crippen LogP contribution is 2.35. The molecule has 0 saturated carbocycles. The third-order valence-electron chi connectivity index (χ3n) is 5.45. The second-order valence-electron chi connectivity index (χ2n) is 8.28. The van der Waals surface area contributed by atoms with E-state index in [1.54, 1.807) is 24.5 Å². The largest absolute Gasteiger partial charge is 0.309 e. The first-order chi connectivity index (χ1) is 15.9. The van der Waals surface area contributed by atoms with Crippen molar-refractivity contribution >= 4 is 50.1 Å². The van der Waals surface area contributed by atoms with Crippen molar-refractivity contribution in [2.24, 2.45) is 0 Å². The van der Waals surface area contributed by atoms with Gasteiger partial charge in [0.15, 0.2) is 5.13 Å². The van der Waals surface area contributed by atoms with Crippen LogP contribution in [0.25, 0.3) is 16.0 Å². The van der Waals surface area contributed by atoms with Crippen molar-refractivity contribution in [2.75, 3.05) is 25.0 Å². The number of anilines is 1. The molecule has 1 aromatic carbocycles. The van der Waals surface area contributed by atoms with Crippen molar-refractivity contribution in [3.63, 3.8) is 0 Å². The van der Waals surface area contributed by atoms with Gasteiger partial charge in [0, 0.05) is 56.6 Å². The fourth-order valence-corrected chi connectivity index (χ4v) is 6.00. The fourth-order valence-electron chi connectivity index (χ4n) is 4.12. The maximum absolute atomic E-state index is 14.8. The molecule has 1 amide bonds. The minimum absolute atomic E-state index is 0.0822. The number of aromatic nitrogens is 4. The van der Waals surface area contributed by atoms with Crippen molar-refractivity contribution in [3.8, 4) is 0 Å². The van der Waals surface area contributed by atoms with E-state index in [4.69, 9.17) is 0 Å². The summed E-state index contributed by atoms with van der Waals surface area (Å²) in [5.41, 5.74) is 0.529. The average molecular weight is 486 g/mol. The van der Waals surface area contributed by atoms with Gasteiger partial charge < -0.3 is 10.6 Å². The molecule has 4 aromatic rings. The molecule has 1 saturated heterocycles. The number of carbonyl (C=O) groups is 1. The monoisotopic (exact) mass is 485 g/mol. The quantitative estimate of drug-likeness (QED) is 0.431. The number of carbonyl (C=O) groups excluding carboxylic acids is 1. The lowest BCUT2D eigenvalue weighted by atomic mass is 10.1. The Morgan fingerprint density at radius 2 is 2.12 bits per heavy atom. The molecule has 0 radical (unpaired) electrons. The first-order valence-corrected chi connectivity index (χ1v) is 12.4. The molecule has 172 valence electrons. The molecule has 2 N–H and O–H groups in total. The van der Waals surface area contributed by atoms with Crippen molar-refractivity contribution in [1.82, 2.24) is 29.6 Å². The molecule has 3 aromatic heterocycles. The predicted molar refractivity (Wildman–Crippen MR) is 128 cm³/mol. The van der Waals surface area contributed by atoms with Crippen molar-refractivity contribution in [2.45, 2.75) is 42.3 Å². The van der Waals surface area contributed by atoms with Gasteiger partial charge in [0.2, 0.25) is 11.7 Å². The van der Waals surface area contributed by atoms with Crippen LogP contribution in [0.1, 0.15) is 20.3 Å². The van der Waals surface area contributed by atoms with E-state index < -0.39 is 0 Å². The molecular weight excluding hydrogens is 461 g/mol. The van der Waals surface area contributed by atoms with Gasteiger partial charge in [-0.15, -0.1) is 0 Å². The summed E-state index contributed by atoms with van der Waals surface area (Å²) in [4.78, 5) is 28.1. The molecule has 2 atom stereocenters. The molecule has 33 heavy (non-hydrogen) atoms. The number of thiazole rings is 1. The smallest absolute Gasteiger partial charge is 0.234 e. The van der Waals surface area contributed by atoms with Crippen LogP contribution in [-0.4, -0.2) is 61.9 Å². The van der Waals surface area contributed by atoms with Crippen LogP contribution in [0.4, 0.5) is 9.52 Å². The molecule has 0 bridgehead atoms. The highest BCUT2D eigenvalue weighted by Gasteiger charge is 2.21. The summed E-state index contributed by atoms with van der Waals surface area (Å²) < 4.78 is 17.4. The van der Waals surface area contributed by atoms with Crippen LogP contribution in [0, 0.1) is 5.82 Å². The molecule has 8 nitrogen and oxygen atoms in total. The number of benzene rings is 1. The number of hydrogen-bond acceptors (Lipinski definition) is 8. The average Bonchev–Trinajstić information content (AvgIpc) is 3.35. The minimum atomic E-state index is -0.364. The van der Waals surface area contributed by atoms with Gasteiger partial charge >= 0.3 is 0 Å². The number of halogens is 1. The van der Waals surface area contributed by atoms with E-state index in [-0.39, 0.29) is 11.7 Å². The topological polar surface area (TPSA) is 87.5 Å². The summed E-state index contributed by atoms with van der Waals surface area (Å²) >= 11 is 2.62. The lowest BCUT2D eigenvalue weighted by Gasteiger charge is -2.35. The predicted octanol–water partition coefficient (Wildman–Crippen LogP) is 3.64. The standard InChI is InChI=1S/C22H24FN7OS2/c1-13-11-29(12-14(2)26-13)7-4-19(31)28-22-27-16-8-15(23)17(9-18(16)33-22)32-20-10-25-21-24-5-3-6-30(20)21/h3,5-6,8-10,13-14,26H,4,7,11-12H2,1-2H3,(H,27,28,31). The highest BCUT2D eigenvalue weighted by atomic mass is 32.2. The Labute approximate surface area is 198 Å². The summed E-state index contributed by atoms with van der Waals surface area (Å²) in [6, 6.07) is 5.82. The molecule has 1 aliphatic heterocycles. The van der Waals surface area contributed by atoms with Gasteiger partial charge in [-0.25, -0.2) is 19.3 Å². The van der Waals surface area contributed by atoms with E-state index in [9.17, 15) is 9.18 Å². The van der Waals surface area contributed by atoms with Crippen LogP contribution >= 0.6 is 23.1 Å². The number of amides is 1. The second-order valence-corrected chi connectivity index (χ2v) is 10.4. The summed E-state index contributed by atoms with van der Waals surface area (Å²) in [5, 5.41) is 7.62. The lowest BCUT2D eigenvalue weighted by molar-refractivity contribution is -0.116. The van der Waals surface area contributed by atoms with E-state index in [2.05, 4.69) is 44.3 Å². The summed E-state index contributed by atoms with van der Waals surface area (Å²) in [5.74, 6) is 0.117. The molecule has 1 fully saturated rings. The van der Waals surface area contributed by atoms with Gasteiger partial charge in [-0.1, -0.05) is 23.1 Å². The number of fused-ring (bicyclic) bond motifs is 2. The number of imidazole rings is 1. The summed E-state index contributed by atoms with van der Waals surface area (Å²) in [6.07, 6.45) is 5.58. The Morgan fingerprint density at radius 1 is 1.30 bits per heavy atom. The Bertz CT molecular complexity index is 1300. The van der Waals surface area contributed by atoms with Crippen molar-refractivity contribution in [3.05, 3.63) is 42.6 Å². The normalized spacial score (nSPS) is 19.4. The summed E-state index contributed by atoms with van der Waals surface area (Å²) in [7, 11) is 0. The number of rotatable bonds is 6. The number of nitrogens with zero attached hydrogens (tertiary/aromatic N) is 5. The molecule has 4 heterocycles. The minimum Gasteiger partial charge on any atom is -0.309 e. The zero-order valence-electron chi connectivity index (χ0n) is 18.3. The Balaban J connectivity index is 1.26. The van der Waals surface area contributed by atoms with Gasteiger partial charge in [0.05, 0.1) is 21.3 Å². The summed E-state index contributed by atoms with van der Waals surface area (Å²) in [6.45, 7) is 6.88. The number of hydrogen-bond donors (Lipinski definition) is 2. The van der Waals surface area contributed by atoms with E-state index in [0.29, 0.717) is 46.4 Å². The lowest BCUT2D eigenvalue weighted by Crippen LogP contribution is -2.54.